The Labute approximate surface area is 471 Å². The monoisotopic (exact) mass is 1080 g/mol. The van der Waals surface area contributed by atoms with Crippen molar-refractivity contribution in [3.63, 3.8) is 0 Å². The first kappa shape index (κ1) is 83.0. The molecule has 0 saturated carbocycles. The van der Waals surface area contributed by atoms with Crippen molar-refractivity contribution in [2.45, 2.75) is 342 Å². The van der Waals surface area contributed by atoms with Gasteiger partial charge in [-0.15, -0.1) is 0 Å². The summed E-state index contributed by atoms with van der Waals surface area (Å²) < 4.78 is 0. The van der Waals surface area contributed by atoms with Crippen molar-refractivity contribution in [2.75, 3.05) is 0 Å². The zero-order valence-electron chi connectivity index (χ0n) is 53.7. The van der Waals surface area contributed by atoms with E-state index in [-0.39, 0.29) is 58.5 Å². The van der Waals surface area contributed by atoms with Gasteiger partial charge >= 0.3 is 0 Å². The van der Waals surface area contributed by atoms with Crippen LogP contribution in [-0.2, 0) is 24.0 Å². The van der Waals surface area contributed by atoms with Gasteiger partial charge in [0, 0.05) is 61.7 Å². The van der Waals surface area contributed by atoms with Gasteiger partial charge in [-0.3, -0.25) is 24.0 Å². The molecule has 0 aliphatic heterocycles. The number of aliphatic hydroxyl groups is 5. The fourth-order valence-electron chi connectivity index (χ4n) is 7.63. The minimum Gasteiger partial charge on any atom is -0.393 e. The lowest BCUT2D eigenvalue weighted by atomic mass is 9.96. The minimum atomic E-state index is -0.432. The van der Waals surface area contributed by atoms with Crippen molar-refractivity contribution in [2.24, 2.45) is 53.3 Å². The van der Waals surface area contributed by atoms with E-state index in [1.54, 1.807) is 0 Å². The molecule has 0 saturated heterocycles. The Morgan fingerprint density at radius 1 is 0.263 bits per heavy atom. The highest BCUT2D eigenvalue weighted by Crippen LogP contribution is 2.18. The summed E-state index contributed by atoms with van der Waals surface area (Å²) in [4.78, 5) is 56.7. The van der Waals surface area contributed by atoms with Gasteiger partial charge in [0.05, 0.1) is 30.5 Å². The van der Waals surface area contributed by atoms with Crippen molar-refractivity contribution >= 4 is 28.9 Å². The lowest BCUT2D eigenvalue weighted by Crippen LogP contribution is -2.17. The van der Waals surface area contributed by atoms with Crippen LogP contribution in [0.2, 0.25) is 0 Å². The third-order valence-corrected chi connectivity index (χ3v) is 14.3. The van der Waals surface area contributed by atoms with Crippen LogP contribution in [0.5, 0.6) is 0 Å². The third kappa shape index (κ3) is 63.0. The van der Waals surface area contributed by atoms with Crippen molar-refractivity contribution in [1.29, 1.82) is 0 Å². The zero-order chi connectivity index (χ0) is 59.8. The molecule has 7 unspecified atom stereocenters. The van der Waals surface area contributed by atoms with Gasteiger partial charge in [0.2, 0.25) is 0 Å². The van der Waals surface area contributed by atoms with Gasteiger partial charge in [0.1, 0.15) is 28.9 Å². The van der Waals surface area contributed by atoms with Crippen molar-refractivity contribution in [3.8, 4) is 0 Å². The average Bonchev–Trinajstić information content (AvgIpc) is 3.33. The molecule has 0 heterocycles. The summed E-state index contributed by atoms with van der Waals surface area (Å²) in [6.45, 7) is 38.7. The molecule has 10 nitrogen and oxygen atoms in total. The average molecular weight is 1090 g/mol. The molecule has 10 heteroatoms. The first-order valence-corrected chi connectivity index (χ1v) is 31.4. The molecule has 0 aromatic rings. The molecule has 0 fully saturated rings. The van der Waals surface area contributed by atoms with Gasteiger partial charge in [-0.1, -0.05) is 241 Å². The summed E-state index contributed by atoms with van der Waals surface area (Å²) >= 11 is 0. The number of rotatable bonds is 42. The summed E-state index contributed by atoms with van der Waals surface area (Å²) in [5, 5.41) is 48.1. The van der Waals surface area contributed by atoms with E-state index < -0.39 is 30.5 Å². The number of carbonyl (C=O) groups is 5. The molecule has 456 valence electrons. The lowest BCUT2D eigenvalue weighted by Gasteiger charge is -2.13. The number of ketones is 5. The summed E-state index contributed by atoms with van der Waals surface area (Å²) in [5.41, 5.74) is 0. The summed E-state index contributed by atoms with van der Waals surface area (Å²) in [7, 11) is 0. The molecule has 0 bridgehead atoms. The van der Waals surface area contributed by atoms with E-state index in [2.05, 4.69) is 62.3 Å². The SMILES string of the molecule is CC(C)CCCCC(O)CC(=O)C(C)C.CC(C)CCCCCC(O)CC(=O)C(C)C.CCC(C)CCC(O)CC(=O)C(C)C.CCC(C)CCCCC(O)CC(=O)C(C)C.CCCCCCCC(O)CC(=O)C(C)C. The number of hydrogen-bond donors (Lipinski definition) is 5. The molecule has 7 atom stereocenters. The van der Waals surface area contributed by atoms with Crippen molar-refractivity contribution < 1.29 is 49.5 Å². The van der Waals surface area contributed by atoms with E-state index in [1.807, 2.05) is 69.2 Å². The molecule has 76 heavy (non-hydrogen) atoms. The topological polar surface area (TPSA) is 186 Å². The second-order valence-corrected chi connectivity index (χ2v) is 25.2. The van der Waals surface area contributed by atoms with E-state index >= 15 is 0 Å². The highest BCUT2D eigenvalue weighted by atomic mass is 16.3. The largest absolute Gasteiger partial charge is 0.393 e. The minimum absolute atomic E-state index is 0.0493. The van der Waals surface area contributed by atoms with Crippen molar-refractivity contribution in [1.82, 2.24) is 0 Å². The Morgan fingerprint density at radius 3 is 0.737 bits per heavy atom. The van der Waals surface area contributed by atoms with Crippen molar-refractivity contribution in [3.05, 3.63) is 0 Å². The Bertz CT molecular complexity index is 1340. The van der Waals surface area contributed by atoms with E-state index in [9.17, 15) is 49.5 Å². The van der Waals surface area contributed by atoms with Crippen LogP contribution in [-0.4, -0.2) is 85.0 Å². The first-order chi connectivity index (χ1) is 35.4. The van der Waals surface area contributed by atoms with Crippen LogP contribution in [0.3, 0.4) is 0 Å². The second kappa shape index (κ2) is 55.1. The van der Waals surface area contributed by atoms with Crippen LogP contribution in [0, 0.1) is 53.3 Å². The first-order valence-electron chi connectivity index (χ1n) is 31.4. The Kier molecular flexibility index (Phi) is 60.1. The van der Waals surface area contributed by atoms with Gasteiger partial charge in [0.25, 0.3) is 0 Å². The maximum absolute atomic E-state index is 11.4. The number of carbonyl (C=O) groups excluding carboxylic acids is 5. The Morgan fingerprint density at radius 2 is 0.474 bits per heavy atom. The quantitative estimate of drug-likeness (QED) is 0.0368. The van der Waals surface area contributed by atoms with Gasteiger partial charge in [-0.05, 0) is 62.2 Å². The number of Topliss-reactive ketones (excluding diaryl/α,β-unsaturated/α-hetero) is 5. The van der Waals surface area contributed by atoms with Crippen LogP contribution in [0.4, 0.5) is 0 Å². The molecule has 0 aromatic carbocycles. The van der Waals surface area contributed by atoms with Crippen LogP contribution in [0.15, 0.2) is 0 Å². The van der Waals surface area contributed by atoms with Crippen LogP contribution < -0.4 is 0 Å². The predicted octanol–water partition coefficient (Wildman–Crippen LogP) is 16.4. The summed E-state index contributed by atoms with van der Waals surface area (Å²) in [5.74, 6) is 4.07. The third-order valence-electron chi connectivity index (χ3n) is 14.3. The molecule has 0 rings (SSSR count). The Hall–Kier alpha value is -1.85. The molecular formula is C66H132O10. The number of unbranched alkanes of at least 4 members (excludes halogenated alkanes) is 8. The number of hydrogen-bond acceptors (Lipinski definition) is 10. The highest BCUT2D eigenvalue weighted by molar-refractivity contribution is 5.82. The van der Waals surface area contributed by atoms with E-state index in [1.165, 1.54) is 70.6 Å². The number of aliphatic hydroxyl groups excluding tert-OH is 5. The maximum atomic E-state index is 11.4. The fourth-order valence-corrected chi connectivity index (χ4v) is 7.63. The van der Waals surface area contributed by atoms with Gasteiger partial charge in [-0.2, -0.15) is 0 Å². The molecular weight excluding hydrogens is 953 g/mol. The highest BCUT2D eigenvalue weighted by Gasteiger charge is 2.18. The molecule has 0 aliphatic rings. The molecule has 5 N–H and O–H groups in total. The normalized spacial score (nSPS) is 14.1. The Balaban J connectivity index is -0.000000277. The molecule has 0 radical (unpaired) electrons. The van der Waals surface area contributed by atoms with Gasteiger partial charge < -0.3 is 25.5 Å². The van der Waals surface area contributed by atoms with Gasteiger partial charge in [0.15, 0.2) is 0 Å². The fraction of sp³-hybridized carbons (Fsp3) is 0.924. The predicted molar refractivity (Wildman–Crippen MR) is 324 cm³/mol. The molecule has 0 aromatic heterocycles. The molecule has 0 spiro atoms. The molecule has 0 amide bonds. The van der Waals surface area contributed by atoms with Gasteiger partial charge in [-0.25, -0.2) is 0 Å². The van der Waals surface area contributed by atoms with Crippen LogP contribution >= 0.6 is 0 Å². The van der Waals surface area contributed by atoms with Crippen LogP contribution in [0.1, 0.15) is 311 Å². The zero-order valence-corrected chi connectivity index (χ0v) is 53.7. The summed E-state index contributed by atoms with van der Waals surface area (Å²) in [6.07, 6.45) is 24.4. The summed E-state index contributed by atoms with van der Waals surface area (Å²) in [6, 6.07) is 0. The van der Waals surface area contributed by atoms with E-state index in [0.29, 0.717) is 38.0 Å². The van der Waals surface area contributed by atoms with E-state index in [0.717, 1.165) is 94.8 Å². The maximum Gasteiger partial charge on any atom is 0.137 e. The standard InChI is InChI=1S/2C14H28O2.2C13H26O2.C12H24O2/c1-11(2)8-6-5-7-9-13(15)10-14(16)12(3)4;1-5-12(4)8-6-7-9-13(15)10-14(16)11(2)3;1-10(2)7-5-6-8-12(14)9-13(15)11(3)4;1-4-5-6-7-8-9-12(14)10-13(15)11(2)3;1-5-10(4)6-7-11(13)8-12(14)9(2)3/h2*11-13,15H,5-10H2,1-4H3;10-12,14H,5-9H2,1-4H3;11-12,14H,4-10H2,1-3H3;9-11,13H,5-8H2,1-4H3. The van der Waals surface area contributed by atoms with E-state index in [4.69, 9.17) is 0 Å². The lowest BCUT2D eigenvalue weighted by molar-refractivity contribution is -0.124. The smallest absolute Gasteiger partial charge is 0.137 e. The second-order valence-electron chi connectivity index (χ2n) is 25.2. The molecule has 0 aliphatic carbocycles. The van der Waals surface area contributed by atoms with Crippen LogP contribution in [0.25, 0.3) is 0 Å².